The van der Waals surface area contributed by atoms with Crippen LogP contribution in [0.5, 0.6) is 11.6 Å². The third-order valence-electron chi connectivity index (χ3n) is 5.34. The molecule has 4 aromatic rings. The third kappa shape index (κ3) is 5.50. The van der Waals surface area contributed by atoms with Gasteiger partial charge in [0.2, 0.25) is 11.6 Å². The van der Waals surface area contributed by atoms with Crippen LogP contribution in [-0.2, 0) is 14.8 Å². The largest absolute Gasteiger partial charge is 0.484 e. The maximum absolute atomic E-state index is 14.5. The molecule has 13 heteroatoms. The number of pyridine rings is 2. The van der Waals surface area contributed by atoms with E-state index in [4.69, 9.17) is 25.8 Å². The number of nitrogens with zero attached hydrogens (tertiary/aromatic N) is 3. The lowest BCUT2D eigenvalue weighted by Crippen LogP contribution is -2.19. The molecule has 0 amide bonds. The van der Waals surface area contributed by atoms with Crippen LogP contribution in [0.4, 0.5) is 10.1 Å². The zero-order valence-electron chi connectivity index (χ0n) is 20.0. The zero-order valence-corrected chi connectivity index (χ0v) is 21.6. The number of aryl methyl sites for hydroxylation is 1. The molecule has 1 aromatic carbocycles. The Kier molecular flexibility index (Phi) is 7.62. The highest BCUT2D eigenvalue weighted by atomic mass is 35.5. The van der Waals surface area contributed by atoms with E-state index in [-0.39, 0.29) is 28.9 Å². The van der Waals surface area contributed by atoms with Crippen LogP contribution in [0.3, 0.4) is 0 Å². The summed E-state index contributed by atoms with van der Waals surface area (Å²) in [6.07, 6.45) is 4.31. The average Bonchev–Trinajstić information content (AvgIpc) is 2.87. The maximum atomic E-state index is 14.5. The molecule has 0 saturated heterocycles. The molecule has 194 valence electrons. The second-order valence-electron chi connectivity index (χ2n) is 7.83. The minimum Gasteiger partial charge on any atom is -0.484 e. The predicted octanol–water partition coefficient (Wildman–Crippen LogP) is 3.69. The van der Waals surface area contributed by atoms with Crippen molar-refractivity contribution in [1.82, 2.24) is 14.4 Å². The Morgan fingerprint density at radius 3 is 2.59 bits per heavy atom. The first-order valence-electron chi connectivity index (χ1n) is 10.8. The summed E-state index contributed by atoms with van der Waals surface area (Å²) in [5.74, 6) is -0.990. The molecule has 3 aromatic heterocycles. The number of rotatable bonds is 9. The van der Waals surface area contributed by atoms with Crippen molar-refractivity contribution in [3.63, 3.8) is 0 Å². The number of ether oxygens (including phenoxy) is 3. The Bertz CT molecular complexity index is 1640. The van der Waals surface area contributed by atoms with Crippen molar-refractivity contribution in [3.8, 4) is 22.8 Å². The van der Waals surface area contributed by atoms with Gasteiger partial charge in [0.15, 0.2) is 0 Å². The van der Waals surface area contributed by atoms with Crippen LogP contribution in [0.1, 0.15) is 5.56 Å². The van der Waals surface area contributed by atoms with Gasteiger partial charge in [-0.3, -0.25) is 13.9 Å². The van der Waals surface area contributed by atoms with E-state index in [2.05, 4.69) is 14.7 Å². The van der Waals surface area contributed by atoms with Crippen LogP contribution in [0, 0.1) is 12.7 Å². The van der Waals surface area contributed by atoms with Gasteiger partial charge in [-0.25, -0.2) is 22.8 Å². The van der Waals surface area contributed by atoms with Crippen LogP contribution in [-0.4, -0.2) is 50.2 Å². The van der Waals surface area contributed by atoms with Crippen LogP contribution < -0.4 is 19.8 Å². The molecule has 3 heterocycles. The fourth-order valence-corrected chi connectivity index (χ4v) is 4.79. The number of sulfonamides is 1. The molecular weight excluding hydrogens is 527 g/mol. The van der Waals surface area contributed by atoms with E-state index in [0.29, 0.717) is 28.9 Å². The van der Waals surface area contributed by atoms with Gasteiger partial charge in [0.1, 0.15) is 28.7 Å². The maximum Gasteiger partial charge on any atom is 0.300 e. The van der Waals surface area contributed by atoms with Crippen molar-refractivity contribution in [2.45, 2.75) is 11.8 Å². The normalized spacial score (nSPS) is 11.5. The summed E-state index contributed by atoms with van der Waals surface area (Å²) in [6, 6.07) is 6.85. The predicted molar refractivity (Wildman–Crippen MR) is 136 cm³/mol. The number of fused-ring (bicyclic) bond motifs is 1. The van der Waals surface area contributed by atoms with E-state index in [1.807, 2.05) is 0 Å². The van der Waals surface area contributed by atoms with Crippen LogP contribution in [0.15, 0.2) is 58.6 Å². The molecule has 4 rings (SSSR count). The molecule has 0 bridgehead atoms. The summed E-state index contributed by atoms with van der Waals surface area (Å²) in [6.45, 7) is 2.05. The van der Waals surface area contributed by atoms with Crippen molar-refractivity contribution in [3.05, 3.63) is 75.7 Å². The van der Waals surface area contributed by atoms with Crippen molar-refractivity contribution in [2.24, 2.45) is 0 Å². The highest BCUT2D eigenvalue weighted by Gasteiger charge is 2.23. The van der Waals surface area contributed by atoms with Gasteiger partial charge in [0.05, 0.1) is 19.9 Å². The van der Waals surface area contributed by atoms with Crippen molar-refractivity contribution in [2.75, 3.05) is 32.2 Å². The molecule has 0 aliphatic heterocycles. The highest BCUT2D eigenvalue weighted by molar-refractivity contribution is 7.92. The Balaban J connectivity index is 1.74. The fraction of sp³-hybridized carbons (Fsp3) is 0.208. The lowest BCUT2D eigenvalue weighted by atomic mass is 10.1. The number of benzene rings is 1. The third-order valence-corrected chi connectivity index (χ3v) is 7.13. The van der Waals surface area contributed by atoms with Crippen LogP contribution in [0.25, 0.3) is 16.8 Å². The Morgan fingerprint density at radius 2 is 1.86 bits per heavy atom. The van der Waals surface area contributed by atoms with Gasteiger partial charge in [-0.15, -0.1) is 0 Å². The zero-order chi connectivity index (χ0) is 26.7. The van der Waals surface area contributed by atoms with Crippen LogP contribution in [0.2, 0.25) is 5.02 Å². The van der Waals surface area contributed by atoms with Crippen molar-refractivity contribution < 1.29 is 27.0 Å². The van der Waals surface area contributed by atoms with E-state index in [0.717, 1.165) is 12.1 Å². The molecular formula is C24H22ClFN4O6S. The standard InChI is InChI=1S/C24H22ClFN4O6S/c1-14-8-21(18(26)10-17(14)25)37(32,33)29-19-9-16(11-28-23(19)35-3)15-4-5-22-27-12-20(36-7-6-34-2)24(31)30(22)13-15/h4-5,8-13,29H,6-7H2,1-3H3. The number of methoxy groups -OCH3 is 2. The van der Waals surface area contributed by atoms with Gasteiger partial charge >= 0.3 is 0 Å². The fourth-order valence-electron chi connectivity index (χ4n) is 3.45. The topological polar surface area (TPSA) is 121 Å². The monoisotopic (exact) mass is 548 g/mol. The summed E-state index contributed by atoms with van der Waals surface area (Å²) >= 11 is 5.90. The van der Waals surface area contributed by atoms with E-state index in [9.17, 15) is 17.6 Å². The molecule has 0 unspecified atom stereocenters. The van der Waals surface area contributed by atoms with E-state index < -0.39 is 26.3 Å². The van der Waals surface area contributed by atoms with E-state index in [1.54, 1.807) is 19.1 Å². The Hall–Kier alpha value is -3.74. The van der Waals surface area contributed by atoms with E-state index in [1.165, 1.54) is 43.3 Å². The van der Waals surface area contributed by atoms with Crippen molar-refractivity contribution >= 4 is 33.0 Å². The van der Waals surface area contributed by atoms with Gasteiger partial charge in [0.25, 0.3) is 15.6 Å². The lowest BCUT2D eigenvalue weighted by molar-refractivity contribution is 0.145. The second-order valence-corrected chi connectivity index (χ2v) is 9.89. The molecule has 0 spiro atoms. The summed E-state index contributed by atoms with van der Waals surface area (Å²) < 4.78 is 59.7. The van der Waals surface area contributed by atoms with E-state index >= 15 is 0 Å². The number of hydrogen-bond donors (Lipinski definition) is 1. The summed E-state index contributed by atoms with van der Waals surface area (Å²) in [4.78, 5) is 20.7. The molecule has 37 heavy (non-hydrogen) atoms. The smallest absolute Gasteiger partial charge is 0.300 e. The number of aromatic nitrogens is 3. The first-order valence-corrected chi connectivity index (χ1v) is 12.7. The quantitative estimate of drug-likeness (QED) is 0.314. The van der Waals surface area contributed by atoms with Crippen LogP contribution >= 0.6 is 11.6 Å². The summed E-state index contributed by atoms with van der Waals surface area (Å²) in [5, 5.41) is 0.103. The van der Waals surface area contributed by atoms with Gasteiger partial charge in [-0.05, 0) is 42.8 Å². The number of halogens is 2. The van der Waals surface area contributed by atoms with Gasteiger partial charge in [-0.2, -0.15) is 0 Å². The van der Waals surface area contributed by atoms with Gasteiger partial charge in [0, 0.05) is 35.7 Å². The SMILES string of the molecule is COCCOc1cnc2ccc(-c3cnc(OC)c(NS(=O)(=O)c4cc(C)c(Cl)cc4F)c3)cn2c1=O. The molecule has 0 saturated carbocycles. The van der Waals surface area contributed by atoms with Crippen molar-refractivity contribution in [1.29, 1.82) is 0 Å². The number of hydrogen-bond acceptors (Lipinski definition) is 8. The number of nitrogens with one attached hydrogen (secondary N) is 1. The number of anilines is 1. The molecule has 0 radical (unpaired) electrons. The molecule has 10 nitrogen and oxygen atoms in total. The average molecular weight is 549 g/mol. The first-order chi connectivity index (χ1) is 17.6. The molecule has 0 aliphatic carbocycles. The second kappa shape index (κ2) is 10.7. The molecule has 0 atom stereocenters. The minimum absolute atomic E-state index is 0.0331. The van der Waals surface area contributed by atoms with Gasteiger partial charge in [-0.1, -0.05) is 11.6 Å². The summed E-state index contributed by atoms with van der Waals surface area (Å²) in [5.41, 5.74) is 1.28. The molecule has 0 aliphatic rings. The molecule has 0 fully saturated rings. The minimum atomic E-state index is -4.37. The van der Waals surface area contributed by atoms with Gasteiger partial charge < -0.3 is 14.2 Å². The highest BCUT2D eigenvalue weighted by Crippen LogP contribution is 2.31. The lowest BCUT2D eigenvalue weighted by Gasteiger charge is -2.14. The Labute approximate surface area is 216 Å². The summed E-state index contributed by atoms with van der Waals surface area (Å²) in [7, 11) is -1.53. The first kappa shape index (κ1) is 26.3. The Morgan fingerprint density at radius 1 is 1.08 bits per heavy atom. The molecule has 1 N–H and O–H groups in total.